The van der Waals surface area contributed by atoms with Gasteiger partial charge < -0.3 is 0 Å². The number of unbranched alkanes of at least 4 members (excludes halogenated alkanes) is 3. The van der Waals surface area contributed by atoms with Crippen LogP contribution >= 0.6 is 0 Å². The third-order valence-electron chi connectivity index (χ3n) is 6.61. The molecule has 28 heavy (non-hydrogen) atoms. The van der Waals surface area contributed by atoms with Gasteiger partial charge in [-0.15, -0.1) is 0 Å². The van der Waals surface area contributed by atoms with Crippen LogP contribution in [0.25, 0.3) is 11.1 Å². The molecule has 0 amide bonds. The molecule has 3 rings (SSSR count). The Labute approximate surface area is 171 Å². The molecule has 152 valence electrons. The van der Waals surface area contributed by atoms with Gasteiger partial charge in [-0.3, -0.25) is 0 Å². The third-order valence-corrected chi connectivity index (χ3v) is 6.61. The van der Waals surface area contributed by atoms with Gasteiger partial charge in [0.1, 0.15) is 5.82 Å². The van der Waals surface area contributed by atoms with Gasteiger partial charge in [0.2, 0.25) is 0 Å². The lowest BCUT2D eigenvalue weighted by molar-refractivity contribution is 0.308. The van der Waals surface area contributed by atoms with Crippen molar-refractivity contribution in [3.8, 4) is 11.1 Å². The molecule has 0 N–H and O–H groups in total. The lowest BCUT2D eigenvalue weighted by Crippen LogP contribution is -2.13. The van der Waals surface area contributed by atoms with Gasteiger partial charge in [-0.25, -0.2) is 4.39 Å². The fourth-order valence-corrected chi connectivity index (χ4v) is 4.81. The third kappa shape index (κ3) is 5.69. The van der Waals surface area contributed by atoms with Crippen LogP contribution in [0.1, 0.15) is 95.1 Å². The number of hydrogen-bond donors (Lipinski definition) is 0. The first kappa shape index (κ1) is 21.1. The molecule has 1 fully saturated rings. The predicted molar refractivity (Wildman–Crippen MR) is 119 cm³/mol. The van der Waals surface area contributed by atoms with E-state index in [4.69, 9.17) is 0 Å². The zero-order chi connectivity index (χ0) is 19.8. The van der Waals surface area contributed by atoms with Crippen LogP contribution in [0.15, 0.2) is 42.5 Å². The summed E-state index contributed by atoms with van der Waals surface area (Å²) in [4.78, 5) is 0. The molecule has 1 aliphatic carbocycles. The minimum atomic E-state index is -0.0488. The van der Waals surface area contributed by atoms with Crippen LogP contribution in [0.4, 0.5) is 4.39 Å². The quantitative estimate of drug-likeness (QED) is 0.382. The highest BCUT2D eigenvalue weighted by atomic mass is 19.1. The van der Waals surface area contributed by atoms with Crippen molar-refractivity contribution >= 4 is 0 Å². The van der Waals surface area contributed by atoms with Crippen LogP contribution in [0.5, 0.6) is 0 Å². The summed E-state index contributed by atoms with van der Waals surface area (Å²) in [5.41, 5.74) is 4.44. The van der Waals surface area contributed by atoms with Crippen molar-refractivity contribution in [3.63, 3.8) is 0 Å². The van der Waals surface area contributed by atoms with Crippen molar-refractivity contribution in [3.05, 3.63) is 59.4 Å². The number of hydrogen-bond acceptors (Lipinski definition) is 0. The maximum atomic E-state index is 14.5. The molecule has 0 heterocycles. The highest BCUT2D eigenvalue weighted by Gasteiger charge is 2.21. The monoisotopic (exact) mass is 380 g/mol. The molecule has 0 atom stereocenters. The van der Waals surface area contributed by atoms with Crippen LogP contribution < -0.4 is 0 Å². The predicted octanol–water partition coefficient (Wildman–Crippen LogP) is 8.69. The minimum Gasteiger partial charge on any atom is -0.207 e. The van der Waals surface area contributed by atoms with E-state index in [9.17, 15) is 4.39 Å². The van der Waals surface area contributed by atoms with Crippen LogP contribution in [-0.2, 0) is 6.42 Å². The van der Waals surface area contributed by atoms with Crippen molar-refractivity contribution < 1.29 is 4.39 Å². The topological polar surface area (TPSA) is 0 Å². The van der Waals surface area contributed by atoms with E-state index in [1.54, 1.807) is 6.07 Å². The Kier molecular flexibility index (Phi) is 8.13. The largest absolute Gasteiger partial charge is 0.207 e. The molecule has 2 aromatic carbocycles. The molecular formula is C27H37F. The van der Waals surface area contributed by atoms with E-state index in [0.717, 1.165) is 35.4 Å². The summed E-state index contributed by atoms with van der Waals surface area (Å²) in [6.07, 6.45) is 13.7. The summed E-state index contributed by atoms with van der Waals surface area (Å²) in [6, 6.07) is 14.7. The minimum absolute atomic E-state index is 0.0488. The fourth-order valence-electron chi connectivity index (χ4n) is 4.81. The van der Waals surface area contributed by atoms with Crippen molar-refractivity contribution in [1.82, 2.24) is 0 Å². The molecular weight excluding hydrogens is 343 g/mol. The number of benzene rings is 2. The molecule has 0 aromatic heterocycles. The Hall–Kier alpha value is -1.63. The van der Waals surface area contributed by atoms with E-state index in [1.807, 2.05) is 6.07 Å². The number of rotatable bonds is 9. The van der Waals surface area contributed by atoms with E-state index in [1.165, 1.54) is 63.4 Å². The lowest BCUT2D eigenvalue weighted by Gasteiger charge is -2.28. The van der Waals surface area contributed by atoms with Gasteiger partial charge in [-0.2, -0.15) is 0 Å². The average molecular weight is 381 g/mol. The molecule has 2 aromatic rings. The standard InChI is InChI=1S/C27H37F/c1-3-5-6-7-9-25-18-19-26(20-27(25)28)24-16-14-23(15-17-24)22-12-10-21(8-4-2)11-13-22/h14-22H,3-13H2,1-2H3. The molecule has 0 radical (unpaired) electrons. The average Bonchev–Trinajstić information content (AvgIpc) is 2.73. The molecule has 1 heteroatoms. The van der Waals surface area contributed by atoms with E-state index >= 15 is 0 Å². The smallest absolute Gasteiger partial charge is 0.127 e. The summed E-state index contributed by atoms with van der Waals surface area (Å²) >= 11 is 0. The number of halogens is 1. The van der Waals surface area contributed by atoms with Gasteiger partial charge in [0.05, 0.1) is 0 Å². The zero-order valence-electron chi connectivity index (χ0n) is 17.9. The van der Waals surface area contributed by atoms with Gasteiger partial charge in [0.25, 0.3) is 0 Å². The summed E-state index contributed by atoms with van der Waals surface area (Å²) in [7, 11) is 0. The van der Waals surface area contributed by atoms with Gasteiger partial charge in [0.15, 0.2) is 0 Å². The number of aryl methyl sites for hydroxylation is 1. The summed E-state index contributed by atoms with van der Waals surface area (Å²) in [5, 5.41) is 0. The molecule has 0 spiro atoms. The van der Waals surface area contributed by atoms with E-state index in [0.29, 0.717) is 5.92 Å². The van der Waals surface area contributed by atoms with Crippen molar-refractivity contribution in [2.24, 2.45) is 5.92 Å². The summed E-state index contributed by atoms with van der Waals surface area (Å²) < 4.78 is 14.5. The first-order chi connectivity index (χ1) is 13.7. The fraction of sp³-hybridized carbons (Fsp3) is 0.556. The maximum Gasteiger partial charge on any atom is 0.127 e. The molecule has 0 nitrogen and oxygen atoms in total. The van der Waals surface area contributed by atoms with E-state index in [2.05, 4.69) is 44.2 Å². The first-order valence-corrected chi connectivity index (χ1v) is 11.6. The molecule has 0 bridgehead atoms. The van der Waals surface area contributed by atoms with Crippen molar-refractivity contribution in [1.29, 1.82) is 0 Å². The van der Waals surface area contributed by atoms with Gasteiger partial charge in [-0.1, -0.05) is 82.3 Å². The Balaban J connectivity index is 1.59. The molecule has 0 saturated heterocycles. The van der Waals surface area contributed by atoms with Crippen molar-refractivity contribution in [2.75, 3.05) is 0 Å². The Morgan fingerprint density at radius 3 is 2.14 bits per heavy atom. The SMILES string of the molecule is CCCCCCc1ccc(-c2ccc(C3CCC(CCC)CC3)cc2)cc1F. The summed E-state index contributed by atoms with van der Waals surface area (Å²) in [5.74, 6) is 1.61. The Morgan fingerprint density at radius 2 is 1.50 bits per heavy atom. The van der Waals surface area contributed by atoms with E-state index < -0.39 is 0 Å². The van der Waals surface area contributed by atoms with Crippen molar-refractivity contribution in [2.45, 2.75) is 90.4 Å². The molecule has 1 saturated carbocycles. The molecule has 1 aliphatic rings. The van der Waals surface area contributed by atoms with Gasteiger partial charge in [-0.05, 0) is 78.7 Å². The molecule has 0 aliphatic heterocycles. The maximum absolute atomic E-state index is 14.5. The molecule has 0 unspecified atom stereocenters. The second-order valence-electron chi connectivity index (χ2n) is 8.75. The first-order valence-electron chi connectivity index (χ1n) is 11.6. The highest BCUT2D eigenvalue weighted by Crippen LogP contribution is 2.38. The van der Waals surface area contributed by atoms with E-state index in [-0.39, 0.29) is 5.82 Å². The van der Waals surface area contributed by atoms with Crippen LogP contribution in [0, 0.1) is 11.7 Å². The Bertz CT molecular complexity index is 708. The summed E-state index contributed by atoms with van der Waals surface area (Å²) in [6.45, 7) is 4.50. The van der Waals surface area contributed by atoms with Crippen LogP contribution in [0.2, 0.25) is 0 Å². The van der Waals surface area contributed by atoms with Crippen LogP contribution in [-0.4, -0.2) is 0 Å². The second-order valence-corrected chi connectivity index (χ2v) is 8.75. The van der Waals surface area contributed by atoms with Gasteiger partial charge >= 0.3 is 0 Å². The van der Waals surface area contributed by atoms with Crippen LogP contribution in [0.3, 0.4) is 0 Å². The Morgan fingerprint density at radius 1 is 0.786 bits per heavy atom. The van der Waals surface area contributed by atoms with Gasteiger partial charge in [0, 0.05) is 0 Å². The second kappa shape index (κ2) is 10.8. The lowest BCUT2D eigenvalue weighted by atomic mass is 9.77. The zero-order valence-corrected chi connectivity index (χ0v) is 17.9. The normalized spacial score (nSPS) is 19.7. The highest BCUT2D eigenvalue weighted by molar-refractivity contribution is 5.64.